The molecule has 4 nitrogen and oxygen atoms in total. The molecule has 2 aromatic heterocycles. The molecule has 0 saturated carbocycles. The van der Waals surface area contributed by atoms with Crippen molar-refractivity contribution < 1.29 is 0 Å². The van der Waals surface area contributed by atoms with Gasteiger partial charge in [-0.2, -0.15) is 0 Å². The number of nitrogens with two attached hydrogens (primary N) is 1. The zero-order chi connectivity index (χ0) is 12.5. The van der Waals surface area contributed by atoms with Gasteiger partial charge in [0, 0.05) is 28.1 Å². The second kappa shape index (κ2) is 4.68. The van der Waals surface area contributed by atoms with Crippen LogP contribution in [-0.4, -0.2) is 21.1 Å². The van der Waals surface area contributed by atoms with Crippen LogP contribution in [-0.2, 0) is 6.42 Å². The van der Waals surface area contributed by atoms with Crippen LogP contribution in [0, 0.1) is 0 Å². The quantitative estimate of drug-likeness (QED) is 0.801. The average molecular weight is 279 g/mol. The summed E-state index contributed by atoms with van der Waals surface area (Å²) in [5.41, 5.74) is 7.72. The first kappa shape index (κ1) is 11.6. The van der Waals surface area contributed by atoms with Gasteiger partial charge in [0.25, 0.3) is 0 Å². The smallest absolute Gasteiger partial charge is 0.216 e. The second-order valence-corrected chi connectivity index (χ2v) is 5.19. The van der Waals surface area contributed by atoms with Gasteiger partial charge in [-0.1, -0.05) is 23.7 Å². The molecule has 3 rings (SSSR count). The number of nitrogens with zero attached hydrogens (tertiary/aromatic N) is 3. The Bertz CT molecular complexity index is 688. The standard InChI is InChI=1S/C12H11ClN4S/c13-9-3-1-2-8(6-9)11-15-16-12-17(11)10(4-5-14)7-18-12/h1-3,6-7H,4-5,14H2. The molecule has 6 heteroatoms. The third-order valence-corrected chi connectivity index (χ3v) is 3.80. The molecule has 0 radical (unpaired) electrons. The lowest BCUT2D eigenvalue weighted by Crippen LogP contribution is -2.05. The van der Waals surface area contributed by atoms with Gasteiger partial charge in [0.15, 0.2) is 5.82 Å². The largest absolute Gasteiger partial charge is 0.330 e. The Hall–Kier alpha value is -1.43. The van der Waals surface area contributed by atoms with Crippen molar-refractivity contribution in [3.05, 3.63) is 40.4 Å². The summed E-state index contributed by atoms with van der Waals surface area (Å²) < 4.78 is 2.04. The average Bonchev–Trinajstić information content (AvgIpc) is 2.92. The Balaban J connectivity index is 2.19. The van der Waals surface area contributed by atoms with E-state index in [1.807, 2.05) is 28.7 Å². The molecule has 0 amide bonds. The molecule has 2 heterocycles. The molecule has 92 valence electrons. The summed E-state index contributed by atoms with van der Waals surface area (Å²) >= 11 is 7.59. The predicted octanol–water partition coefficient (Wildman–Crippen LogP) is 2.61. The molecule has 0 bridgehead atoms. The van der Waals surface area contributed by atoms with Gasteiger partial charge in [0.05, 0.1) is 0 Å². The summed E-state index contributed by atoms with van der Waals surface area (Å²) in [7, 11) is 0. The molecule has 2 N–H and O–H groups in total. The van der Waals surface area contributed by atoms with Gasteiger partial charge in [0.1, 0.15) is 0 Å². The van der Waals surface area contributed by atoms with E-state index in [0.29, 0.717) is 11.6 Å². The SMILES string of the molecule is NCCc1csc2nnc(-c3cccc(Cl)c3)n12. The van der Waals surface area contributed by atoms with Crippen molar-refractivity contribution in [1.82, 2.24) is 14.6 Å². The maximum atomic E-state index is 6.01. The Labute approximate surface area is 113 Å². The molecule has 0 fully saturated rings. The molecule has 0 aliphatic carbocycles. The van der Waals surface area contributed by atoms with E-state index in [4.69, 9.17) is 17.3 Å². The minimum Gasteiger partial charge on any atom is -0.330 e. The maximum Gasteiger partial charge on any atom is 0.216 e. The van der Waals surface area contributed by atoms with Crippen molar-refractivity contribution in [1.29, 1.82) is 0 Å². The monoisotopic (exact) mass is 278 g/mol. The van der Waals surface area contributed by atoms with E-state index in [0.717, 1.165) is 28.5 Å². The van der Waals surface area contributed by atoms with Crippen molar-refractivity contribution in [3.8, 4) is 11.4 Å². The number of hydrogen-bond acceptors (Lipinski definition) is 4. The van der Waals surface area contributed by atoms with E-state index < -0.39 is 0 Å². The number of thiazole rings is 1. The van der Waals surface area contributed by atoms with E-state index in [9.17, 15) is 0 Å². The fourth-order valence-electron chi connectivity index (χ4n) is 1.91. The van der Waals surface area contributed by atoms with E-state index in [-0.39, 0.29) is 0 Å². The first-order valence-electron chi connectivity index (χ1n) is 5.57. The summed E-state index contributed by atoms with van der Waals surface area (Å²) in [5, 5.41) is 11.2. The number of aromatic nitrogens is 3. The van der Waals surface area contributed by atoms with Crippen LogP contribution in [0.25, 0.3) is 16.3 Å². The van der Waals surface area contributed by atoms with Gasteiger partial charge in [-0.15, -0.1) is 21.5 Å². The molecule has 1 aromatic carbocycles. The lowest BCUT2D eigenvalue weighted by atomic mass is 10.2. The summed E-state index contributed by atoms with van der Waals surface area (Å²) in [5.74, 6) is 0.817. The van der Waals surface area contributed by atoms with Crippen LogP contribution >= 0.6 is 22.9 Å². The number of rotatable bonds is 3. The van der Waals surface area contributed by atoms with Crippen LogP contribution in [0.2, 0.25) is 5.02 Å². The minimum absolute atomic E-state index is 0.610. The van der Waals surface area contributed by atoms with Crippen molar-refractivity contribution in [2.45, 2.75) is 6.42 Å². The van der Waals surface area contributed by atoms with Crippen LogP contribution in [0.3, 0.4) is 0 Å². The fourth-order valence-corrected chi connectivity index (χ4v) is 2.96. The summed E-state index contributed by atoms with van der Waals surface area (Å²) in [4.78, 5) is 0.883. The number of halogens is 1. The lowest BCUT2D eigenvalue weighted by molar-refractivity contribution is 0.908. The highest BCUT2D eigenvalue weighted by molar-refractivity contribution is 7.15. The van der Waals surface area contributed by atoms with Crippen LogP contribution in [0.5, 0.6) is 0 Å². The normalized spacial score (nSPS) is 11.2. The van der Waals surface area contributed by atoms with Crippen molar-refractivity contribution >= 4 is 27.9 Å². The van der Waals surface area contributed by atoms with Gasteiger partial charge < -0.3 is 5.73 Å². The minimum atomic E-state index is 0.610. The number of benzene rings is 1. The van der Waals surface area contributed by atoms with Crippen molar-refractivity contribution in [2.24, 2.45) is 5.73 Å². The molecular formula is C12H11ClN4S. The number of hydrogen-bond donors (Lipinski definition) is 1. The highest BCUT2D eigenvalue weighted by Crippen LogP contribution is 2.25. The Morgan fingerprint density at radius 3 is 3.00 bits per heavy atom. The van der Waals surface area contributed by atoms with Gasteiger partial charge in [-0.3, -0.25) is 4.40 Å². The maximum absolute atomic E-state index is 6.01. The van der Waals surface area contributed by atoms with Gasteiger partial charge in [-0.25, -0.2) is 0 Å². The Morgan fingerprint density at radius 1 is 1.33 bits per heavy atom. The molecule has 0 aliphatic heterocycles. The topological polar surface area (TPSA) is 56.2 Å². The summed E-state index contributed by atoms with van der Waals surface area (Å²) in [6.07, 6.45) is 0.811. The Kier molecular flexibility index (Phi) is 3.03. The molecule has 0 saturated heterocycles. The highest BCUT2D eigenvalue weighted by Gasteiger charge is 2.13. The molecular weight excluding hydrogens is 268 g/mol. The second-order valence-electron chi connectivity index (χ2n) is 3.92. The number of fused-ring (bicyclic) bond motifs is 1. The molecule has 3 aromatic rings. The fraction of sp³-hybridized carbons (Fsp3) is 0.167. The molecule has 0 aliphatic rings. The molecule has 0 spiro atoms. The lowest BCUT2D eigenvalue weighted by Gasteiger charge is -2.02. The summed E-state index contributed by atoms with van der Waals surface area (Å²) in [6.45, 7) is 0.610. The first-order chi connectivity index (χ1) is 8.79. The van der Waals surface area contributed by atoms with E-state index in [1.54, 1.807) is 11.3 Å². The van der Waals surface area contributed by atoms with Crippen LogP contribution in [0.15, 0.2) is 29.6 Å². The third-order valence-electron chi connectivity index (χ3n) is 2.70. The van der Waals surface area contributed by atoms with Crippen LogP contribution < -0.4 is 5.73 Å². The highest BCUT2D eigenvalue weighted by atomic mass is 35.5. The molecule has 0 atom stereocenters. The van der Waals surface area contributed by atoms with E-state index in [1.165, 1.54) is 0 Å². The van der Waals surface area contributed by atoms with E-state index in [2.05, 4.69) is 15.6 Å². The predicted molar refractivity (Wildman–Crippen MR) is 74.1 cm³/mol. The van der Waals surface area contributed by atoms with E-state index >= 15 is 0 Å². The third kappa shape index (κ3) is 1.90. The Morgan fingerprint density at radius 2 is 2.22 bits per heavy atom. The van der Waals surface area contributed by atoms with Crippen molar-refractivity contribution in [3.63, 3.8) is 0 Å². The zero-order valence-corrected chi connectivity index (χ0v) is 11.1. The molecule has 18 heavy (non-hydrogen) atoms. The summed E-state index contributed by atoms with van der Waals surface area (Å²) in [6, 6.07) is 7.62. The molecule has 0 unspecified atom stereocenters. The van der Waals surface area contributed by atoms with Crippen molar-refractivity contribution in [2.75, 3.05) is 6.54 Å². The van der Waals surface area contributed by atoms with Gasteiger partial charge in [-0.05, 0) is 18.7 Å². The first-order valence-corrected chi connectivity index (χ1v) is 6.83. The zero-order valence-electron chi connectivity index (χ0n) is 9.51. The van der Waals surface area contributed by atoms with Crippen LogP contribution in [0.1, 0.15) is 5.69 Å². The van der Waals surface area contributed by atoms with Crippen LogP contribution in [0.4, 0.5) is 0 Å². The van der Waals surface area contributed by atoms with Gasteiger partial charge in [0.2, 0.25) is 4.96 Å². The van der Waals surface area contributed by atoms with Gasteiger partial charge >= 0.3 is 0 Å².